The first kappa shape index (κ1) is 69.1. The predicted molar refractivity (Wildman–Crippen MR) is 418 cm³/mol. The molecule has 12 aromatic rings. The van der Waals surface area contributed by atoms with Crippen molar-refractivity contribution in [3.8, 4) is 0 Å². The molecule has 4 atom stereocenters. The smallest absolute Gasteiger partial charge is 0.115 e. The minimum absolute atomic E-state index is 0.580. The number of H-pyrrole nitrogens is 1. The number of hydrogen-bond acceptors (Lipinski definition) is 14. The summed E-state index contributed by atoms with van der Waals surface area (Å²) in [6.45, 7) is 22.4. The summed E-state index contributed by atoms with van der Waals surface area (Å²) in [4.78, 5) is 59.8. The monoisotopic (exact) mass is 1400 g/mol. The van der Waals surface area contributed by atoms with Gasteiger partial charge in [0, 0.05) is 213 Å². The fraction of sp³-hybridized carbons (Fsp3) is 0.471. The van der Waals surface area contributed by atoms with Crippen LogP contribution in [0.4, 0.5) is 0 Å². The second kappa shape index (κ2) is 29.4. The van der Waals surface area contributed by atoms with Gasteiger partial charge in [0.25, 0.3) is 0 Å². The first-order valence-corrected chi connectivity index (χ1v) is 39.5. The van der Waals surface area contributed by atoms with Crippen molar-refractivity contribution < 1.29 is 0 Å². The minimum Gasteiger partial charge on any atom is -0.357 e. The van der Waals surface area contributed by atoms with Gasteiger partial charge in [-0.2, -0.15) is 0 Å². The third-order valence-electron chi connectivity index (χ3n) is 24.8. The Bertz CT molecular complexity index is 5000. The summed E-state index contributed by atoms with van der Waals surface area (Å²) in [5.41, 5.74) is 36.9. The molecular formula is C87H104N18. The molecule has 542 valence electrons. The highest BCUT2D eigenvalue weighted by Gasteiger charge is 2.40. The highest BCUT2D eigenvalue weighted by Crippen LogP contribution is 2.48. The van der Waals surface area contributed by atoms with E-state index in [1.54, 1.807) is 23.8 Å². The van der Waals surface area contributed by atoms with Gasteiger partial charge in [0.05, 0.1) is 44.5 Å². The number of aromatic amines is 1. The van der Waals surface area contributed by atoms with E-state index in [2.05, 4.69) is 166 Å². The Labute approximate surface area is 618 Å². The molecule has 18 heteroatoms. The summed E-state index contributed by atoms with van der Waals surface area (Å²) in [6.07, 6.45) is 37.7. The van der Waals surface area contributed by atoms with Crippen LogP contribution in [0.5, 0.6) is 0 Å². The van der Waals surface area contributed by atoms with Crippen LogP contribution in [0.25, 0.3) is 43.9 Å². The van der Waals surface area contributed by atoms with Crippen LogP contribution in [0.2, 0.25) is 0 Å². The highest BCUT2D eigenvalue weighted by molar-refractivity contribution is 5.90. The largest absolute Gasteiger partial charge is 0.357 e. The van der Waals surface area contributed by atoms with Crippen LogP contribution in [-0.2, 0) is 98.2 Å². The molecule has 20 rings (SSSR count). The predicted octanol–water partition coefficient (Wildman–Crippen LogP) is 14.4. The lowest BCUT2D eigenvalue weighted by atomic mass is 9.95. The first-order valence-electron chi connectivity index (χ1n) is 39.5. The standard InChI is InChI=1S/C23H28N4.C22H26N4.2C21H25N5/c1-15-6-7-17(14-24-15)8-9-18-13-16(2)25-22-21-19(26(3)23(18)22)10-12-27-11-4-5-20(21)27;1-14-5-6-16(13-23-14)7-8-17-12-15(2)24-22-20-18(25-21(17)22)9-11-26-10-3-4-19(20)26;2*1-14-10-16-20-18(7-9-26-8-3-4-19(20)26)25(2)21(16)17(24-14)6-5-15-11-22-13-23-12-15/h6-7,13-14,20H,4-5,8-12H2,1-3H3;5-6,12-13,19,25H,3-4,7-11H2,1-2H3;2*10-13,19H,3-9H2,1-2H3. The zero-order valence-corrected chi connectivity index (χ0v) is 63.4. The van der Waals surface area contributed by atoms with Crippen molar-refractivity contribution in [3.05, 3.63) is 222 Å². The van der Waals surface area contributed by atoms with Gasteiger partial charge in [0.15, 0.2) is 0 Å². The molecule has 12 aromatic heterocycles. The van der Waals surface area contributed by atoms with Crippen molar-refractivity contribution in [1.82, 2.24) is 88.1 Å². The molecule has 8 aliphatic rings. The maximum Gasteiger partial charge on any atom is 0.115 e. The fourth-order valence-corrected chi connectivity index (χ4v) is 20.0. The van der Waals surface area contributed by atoms with E-state index in [0.29, 0.717) is 24.2 Å². The van der Waals surface area contributed by atoms with E-state index in [4.69, 9.17) is 19.9 Å². The maximum absolute atomic E-state index is 5.04. The van der Waals surface area contributed by atoms with Crippen LogP contribution in [0.1, 0.15) is 199 Å². The molecule has 20 heterocycles. The molecule has 18 nitrogen and oxygen atoms in total. The number of nitrogens with zero attached hydrogens (tertiary/aromatic N) is 17. The van der Waals surface area contributed by atoms with Crippen LogP contribution >= 0.6 is 0 Å². The topological polar surface area (TPSA) is 172 Å². The quantitative estimate of drug-likeness (QED) is 0.122. The summed E-state index contributed by atoms with van der Waals surface area (Å²) < 4.78 is 7.32. The van der Waals surface area contributed by atoms with Gasteiger partial charge in [-0.3, -0.25) is 49.5 Å². The normalized spacial score (nSPS) is 19.6. The van der Waals surface area contributed by atoms with Crippen LogP contribution in [0, 0.1) is 41.5 Å². The van der Waals surface area contributed by atoms with Gasteiger partial charge in [-0.15, -0.1) is 0 Å². The lowest BCUT2D eigenvalue weighted by Gasteiger charge is -2.30. The second-order valence-corrected chi connectivity index (χ2v) is 31.6. The molecule has 4 unspecified atom stereocenters. The van der Waals surface area contributed by atoms with Crippen LogP contribution in [0.3, 0.4) is 0 Å². The van der Waals surface area contributed by atoms with Crippen molar-refractivity contribution >= 4 is 43.9 Å². The van der Waals surface area contributed by atoms with Crippen LogP contribution in [-0.4, -0.2) is 140 Å². The minimum atomic E-state index is 0.580. The molecule has 0 aromatic carbocycles. The first-order chi connectivity index (χ1) is 51.2. The van der Waals surface area contributed by atoms with Gasteiger partial charge in [-0.25, -0.2) is 19.9 Å². The Morgan fingerprint density at radius 1 is 0.362 bits per heavy atom. The van der Waals surface area contributed by atoms with Crippen LogP contribution < -0.4 is 0 Å². The molecule has 4 saturated heterocycles. The Balaban J connectivity index is 0.000000103. The Kier molecular flexibility index (Phi) is 19.4. The van der Waals surface area contributed by atoms with E-state index in [1.165, 1.54) is 226 Å². The zero-order valence-electron chi connectivity index (χ0n) is 63.4. The second-order valence-electron chi connectivity index (χ2n) is 31.6. The summed E-state index contributed by atoms with van der Waals surface area (Å²) in [5.74, 6) is 0. The van der Waals surface area contributed by atoms with E-state index in [-0.39, 0.29) is 0 Å². The molecule has 0 saturated carbocycles. The SMILES string of the molecule is Cc1cc2c3c(n(C)c2c(CCc2cncnc2)n1)CCN1CCCC31.Cc1cc2c3c(n(C)c2c(CCc2cncnc2)n1)CCN1CCCC31.Cc1ccc(CCc2cc(C)nc3c4c([nH]c23)CCN2CCCC42)cn1.Cc1ccc(CCc2cc(C)nc3c4c(n(C)c23)CCN2CCCC42)cn1. The summed E-state index contributed by atoms with van der Waals surface area (Å²) in [5, 5.41) is 2.87. The van der Waals surface area contributed by atoms with Gasteiger partial charge in [0.1, 0.15) is 12.7 Å². The van der Waals surface area contributed by atoms with Gasteiger partial charge < -0.3 is 18.7 Å². The molecule has 1 N–H and O–H groups in total. The average molecular weight is 1400 g/mol. The Morgan fingerprint density at radius 3 is 1.24 bits per heavy atom. The average Bonchev–Trinajstić information content (AvgIpc) is 1.61. The summed E-state index contributed by atoms with van der Waals surface area (Å²) >= 11 is 0. The Morgan fingerprint density at radius 2 is 0.762 bits per heavy atom. The number of aryl methyl sites for hydroxylation is 17. The van der Waals surface area contributed by atoms with Crippen LogP contribution in [0.15, 0.2) is 98.4 Å². The summed E-state index contributed by atoms with van der Waals surface area (Å²) in [7, 11) is 6.72. The van der Waals surface area contributed by atoms with E-state index in [9.17, 15) is 0 Å². The molecule has 0 bridgehead atoms. The Hall–Kier alpha value is -8.94. The summed E-state index contributed by atoms with van der Waals surface area (Å²) in [6, 6.07) is 20.2. The molecule has 0 radical (unpaired) electrons. The molecule has 0 aliphatic carbocycles. The van der Waals surface area contributed by atoms with Gasteiger partial charge >= 0.3 is 0 Å². The third-order valence-corrected chi connectivity index (χ3v) is 24.8. The molecule has 105 heavy (non-hydrogen) atoms. The van der Waals surface area contributed by atoms with Gasteiger partial charge in [-0.1, -0.05) is 12.1 Å². The number of rotatable bonds is 12. The zero-order chi connectivity index (χ0) is 71.6. The van der Waals surface area contributed by atoms with E-state index in [0.717, 1.165) is 111 Å². The van der Waals surface area contributed by atoms with E-state index >= 15 is 0 Å². The van der Waals surface area contributed by atoms with Crippen molar-refractivity contribution in [3.63, 3.8) is 0 Å². The van der Waals surface area contributed by atoms with Gasteiger partial charge in [-0.05, 0) is 251 Å². The van der Waals surface area contributed by atoms with Crippen molar-refractivity contribution in [2.75, 3.05) is 52.4 Å². The molecule has 4 fully saturated rings. The number of nitrogens with one attached hydrogen (secondary N) is 1. The fourth-order valence-electron chi connectivity index (χ4n) is 20.0. The lowest BCUT2D eigenvalue weighted by molar-refractivity contribution is 0.242. The number of hydrogen-bond donors (Lipinski definition) is 1. The highest BCUT2D eigenvalue weighted by atomic mass is 15.2. The molecule has 0 amide bonds. The molecule has 0 spiro atoms. The van der Waals surface area contributed by atoms with E-state index in [1.807, 2.05) is 51.0 Å². The van der Waals surface area contributed by atoms with Gasteiger partial charge in [0.2, 0.25) is 0 Å². The number of aromatic nitrogens is 14. The number of pyridine rings is 6. The molecular weight excluding hydrogens is 1300 g/mol. The maximum atomic E-state index is 5.04. The lowest BCUT2D eigenvalue weighted by Crippen LogP contribution is -2.31. The van der Waals surface area contributed by atoms with E-state index < -0.39 is 0 Å². The number of fused-ring (bicyclic) bond motifs is 20. The van der Waals surface area contributed by atoms with Crippen molar-refractivity contribution in [2.45, 2.75) is 194 Å². The van der Waals surface area contributed by atoms with Crippen molar-refractivity contribution in [1.29, 1.82) is 0 Å². The van der Waals surface area contributed by atoms with Crippen molar-refractivity contribution in [2.24, 2.45) is 21.1 Å². The molecule has 8 aliphatic heterocycles. The third kappa shape index (κ3) is 13.5.